The lowest BCUT2D eigenvalue weighted by Crippen LogP contribution is -2.22. The number of aryl methyl sites for hydroxylation is 2. The van der Waals surface area contributed by atoms with Crippen LogP contribution >= 0.6 is 0 Å². The number of rotatable bonds is 6. The third-order valence-electron chi connectivity index (χ3n) is 4.28. The van der Waals surface area contributed by atoms with Gasteiger partial charge in [-0.2, -0.15) is 5.10 Å². The third kappa shape index (κ3) is 3.62. The Morgan fingerprint density at radius 2 is 1.77 bits per heavy atom. The topological polar surface area (TPSA) is 80.1 Å². The van der Waals surface area contributed by atoms with Gasteiger partial charge in [0.25, 0.3) is 0 Å². The van der Waals surface area contributed by atoms with Crippen LogP contribution < -0.4 is 5.32 Å². The van der Waals surface area contributed by atoms with Gasteiger partial charge in [0, 0.05) is 45.8 Å². The Bertz CT molecular complexity index is 1020. The van der Waals surface area contributed by atoms with Gasteiger partial charge in [-0.1, -0.05) is 12.1 Å². The molecule has 0 saturated carbocycles. The van der Waals surface area contributed by atoms with Gasteiger partial charge in [-0.15, -0.1) is 0 Å². The molecule has 0 bridgehead atoms. The number of pyridine rings is 1. The van der Waals surface area contributed by atoms with Gasteiger partial charge in [0.05, 0.1) is 10.6 Å². The molecule has 3 rings (SSSR count). The van der Waals surface area contributed by atoms with Crippen molar-refractivity contribution in [1.29, 1.82) is 0 Å². The highest BCUT2D eigenvalue weighted by molar-refractivity contribution is 7.89. The van der Waals surface area contributed by atoms with Crippen LogP contribution in [0.3, 0.4) is 0 Å². The van der Waals surface area contributed by atoms with Crippen LogP contribution in [0.2, 0.25) is 0 Å². The minimum Gasteiger partial charge on any atom is -0.309 e. The fourth-order valence-corrected chi connectivity index (χ4v) is 3.69. The molecule has 0 amide bonds. The van der Waals surface area contributed by atoms with E-state index in [4.69, 9.17) is 0 Å². The van der Waals surface area contributed by atoms with E-state index in [1.165, 1.54) is 18.4 Å². The quantitative estimate of drug-likeness (QED) is 0.713. The summed E-state index contributed by atoms with van der Waals surface area (Å²) in [6.07, 6.45) is 1.85. The molecule has 0 fully saturated rings. The van der Waals surface area contributed by atoms with Crippen LogP contribution in [0.5, 0.6) is 0 Å². The number of fused-ring (bicyclic) bond motifs is 1. The Morgan fingerprint density at radius 3 is 2.42 bits per heavy atom. The number of nitrogens with zero attached hydrogens (tertiary/aromatic N) is 4. The Balaban J connectivity index is 1.64. The average molecular weight is 373 g/mol. The van der Waals surface area contributed by atoms with Crippen molar-refractivity contribution in [3.63, 3.8) is 0 Å². The third-order valence-corrected chi connectivity index (χ3v) is 6.11. The molecule has 0 aliphatic heterocycles. The zero-order chi connectivity index (χ0) is 18.9. The van der Waals surface area contributed by atoms with Crippen LogP contribution in [0.1, 0.15) is 16.8 Å². The van der Waals surface area contributed by atoms with Crippen LogP contribution in [0.25, 0.3) is 11.0 Å². The Labute approximate surface area is 153 Å². The summed E-state index contributed by atoms with van der Waals surface area (Å²) >= 11 is 0. The number of aromatic nitrogens is 3. The molecule has 8 heteroatoms. The van der Waals surface area contributed by atoms with E-state index in [2.05, 4.69) is 21.5 Å². The van der Waals surface area contributed by atoms with E-state index in [1.54, 1.807) is 16.8 Å². The van der Waals surface area contributed by atoms with Gasteiger partial charge < -0.3 is 5.32 Å². The molecule has 0 radical (unpaired) electrons. The Kier molecular flexibility index (Phi) is 5.08. The van der Waals surface area contributed by atoms with Gasteiger partial charge in [0.2, 0.25) is 10.0 Å². The lowest BCUT2D eigenvalue weighted by atomic mass is 10.2. The number of hydrogen-bond donors (Lipinski definition) is 1. The Morgan fingerprint density at radius 1 is 1.12 bits per heavy atom. The molecule has 0 spiro atoms. The van der Waals surface area contributed by atoms with Crippen molar-refractivity contribution in [2.45, 2.75) is 24.9 Å². The average Bonchev–Trinajstić information content (AvgIpc) is 2.89. The lowest BCUT2D eigenvalue weighted by molar-refractivity contribution is 0.520. The van der Waals surface area contributed by atoms with Gasteiger partial charge in [-0.05, 0) is 36.2 Å². The van der Waals surface area contributed by atoms with Crippen LogP contribution in [0, 0.1) is 6.92 Å². The fourth-order valence-electron chi connectivity index (χ4n) is 2.79. The summed E-state index contributed by atoms with van der Waals surface area (Å²) in [6, 6.07) is 9.04. The predicted molar refractivity (Wildman–Crippen MR) is 101 cm³/mol. The van der Waals surface area contributed by atoms with Gasteiger partial charge in [0.15, 0.2) is 5.65 Å². The molecule has 3 aromatic rings. The molecule has 0 unspecified atom stereocenters. The number of sulfonamides is 1. The maximum absolute atomic E-state index is 12.1. The zero-order valence-electron chi connectivity index (χ0n) is 15.4. The van der Waals surface area contributed by atoms with Gasteiger partial charge in [0.1, 0.15) is 0 Å². The van der Waals surface area contributed by atoms with E-state index in [1.807, 2.05) is 32.3 Å². The molecular weight excluding hydrogens is 350 g/mol. The van der Waals surface area contributed by atoms with Crippen molar-refractivity contribution in [3.8, 4) is 0 Å². The first-order valence-corrected chi connectivity index (χ1v) is 9.73. The molecule has 26 heavy (non-hydrogen) atoms. The summed E-state index contributed by atoms with van der Waals surface area (Å²) < 4.78 is 27.1. The van der Waals surface area contributed by atoms with E-state index >= 15 is 0 Å². The van der Waals surface area contributed by atoms with Crippen molar-refractivity contribution < 1.29 is 8.42 Å². The molecule has 1 N–H and O–H groups in total. The van der Waals surface area contributed by atoms with Crippen LogP contribution in [0.4, 0.5) is 0 Å². The predicted octanol–water partition coefficient (Wildman–Crippen LogP) is 1.82. The molecule has 0 saturated heterocycles. The minimum absolute atomic E-state index is 0.299. The molecule has 138 valence electrons. The monoisotopic (exact) mass is 373 g/mol. The SMILES string of the molecule is Cc1nn(C)c2ncc(CNCc3ccc(S(=O)(=O)N(C)C)cc3)cc12. The van der Waals surface area contributed by atoms with Gasteiger partial charge >= 0.3 is 0 Å². The highest BCUT2D eigenvalue weighted by Crippen LogP contribution is 2.17. The van der Waals surface area contributed by atoms with Crippen molar-refractivity contribution in [1.82, 2.24) is 24.4 Å². The van der Waals surface area contributed by atoms with Gasteiger partial charge in [-0.25, -0.2) is 17.7 Å². The molecule has 0 aliphatic rings. The van der Waals surface area contributed by atoms with Crippen molar-refractivity contribution in [3.05, 3.63) is 53.3 Å². The molecule has 2 heterocycles. The molecule has 0 aliphatic carbocycles. The van der Waals surface area contributed by atoms with E-state index in [9.17, 15) is 8.42 Å². The second-order valence-corrected chi connectivity index (χ2v) is 8.61. The highest BCUT2D eigenvalue weighted by atomic mass is 32.2. The summed E-state index contributed by atoms with van der Waals surface area (Å²) in [4.78, 5) is 4.77. The summed E-state index contributed by atoms with van der Waals surface area (Å²) in [5.41, 5.74) is 3.95. The normalized spacial score (nSPS) is 12.2. The lowest BCUT2D eigenvalue weighted by Gasteiger charge is -2.12. The minimum atomic E-state index is -3.38. The van der Waals surface area contributed by atoms with Crippen LogP contribution in [-0.4, -0.2) is 41.6 Å². The zero-order valence-corrected chi connectivity index (χ0v) is 16.2. The molecule has 7 nitrogen and oxygen atoms in total. The van der Waals surface area contributed by atoms with Crippen molar-refractivity contribution >= 4 is 21.1 Å². The van der Waals surface area contributed by atoms with E-state index in [0.29, 0.717) is 18.0 Å². The van der Waals surface area contributed by atoms with E-state index in [-0.39, 0.29) is 0 Å². The molecule has 2 aromatic heterocycles. The smallest absolute Gasteiger partial charge is 0.242 e. The van der Waals surface area contributed by atoms with Crippen molar-refractivity contribution in [2.24, 2.45) is 7.05 Å². The van der Waals surface area contributed by atoms with E-state index < -0.39 is 10.0 Å². The standard InChI is InChI=1S/C18H23N5O2S/c1-13-17-9-15(12-20-18(17)23(4)21-13)11-19-10-14-5-7-16(8-6-14)26(24,25)22(2)3/h5-9,12,19H,10-11H2,1-4H3. The Hall–Kier alpha value is -2.29. The largest absolute Gasteiger partial charge is 0.309 e. The molecule has 0 atom stereocenters. The number of nitrogens with one attached hydrogen (secondary N) is 1. The van der Waals surface area contributed by atoms with E-state index in [0.717, 1.165) is 27.9 Å². The summed E-state index contributed by atoms with van der Waals surface area (Å²) in [6.45, 7) is 3.30. The fraction of sp³-hybridized carbons (Fsp3) is 0.333. The number of benzene rings is 1. The van der Waals surface area contributed by atoms with Crippen molar-refractivity contribution in [2.75, 3.05) is 14.1 Å². The van der Waals surface area contributed by atoms with Crippen LogP contribution in [-0.2, 0) is 30.2 Å². The molecule has 1 aromatic carbocycles. The second kappa shape index (κ2) is 7.14. The second-order valence-electron chi connectivity index (χ2n) is 6.46. The summed E-state index contributed by atoms with van der Waals surface area (Å²) in [5.74, 6) is 0. The summed E-state index contributed by atoms with van der Waals surface area (Å²) in [5, 5.41) is 8.80. The first kappa shape index (κ1) is 18.5. The maximum Gasteiger partial charge on any atom is 0.242 e. The summed E-state index contributed by atoms with van der Waals surface area (Å²) in [7, 11) is 1.56. The van der Waals surface area contributed by atoms with Crippen LogP contribution in [0.15, 0.2) is 41.4 Å². The number of hydrogen-bond acceptors (Lipinski definition) is 5. The first-order valence-electron chi connectivity index (χ1n) is 8.29. The first-order chi connectivity index (χ1) is 12.3. The van der Waals surface area contributed by atoms with Gasteiger partial charge in [-0.3, -0.25) is 4.68 Å². The molecular formula is C18H23N5O2S. The highest BCUT2D eigenvalue weighted by Gasteiger charge is 2.16. The maximum atomic E-state index is 12.1.